The second kappa shape index (κ2) is 9.47. The first-order valence-electron chi connectivity index (χ1n) is 11.0. The molecule has 0 spiro atoms. The Morgan fingerprint density at radius 3 is 2.53 bits per heavy atom. The zero-order valence-corrected chi connectivity index (χ0v) is 17.7. The summed E-state index contributed by atoms with van der Waals surface area (Å²) in [7, 11) is 0. The van der Waals surface area contributed by atoms with E-state index < -0.39 is 0 Å². The average molecular weight is 410 g/mol. The summed E-state index contributed by atoms with van der Waals surface area (Å²) in [6, 6.07) is 12.3. The molecule has 0 saturated carbocycles. The predicted molar refractivity (Wildman–Crippen MR) is 115 cm³/mol. The van der Waals surface area contributed by atoms with Gasteiger partial charge in [-0.15, -0.1) is 0 Å². The van der Waals surface area contributed by atoms with Gasteiger partial charge >= 0.3 is 0 Å². The van der Waals surface area contributed by atoms with E-state index in [1.54, 1.807) is 6.26 Å². The number of piperidine rings is 2. The number of hydrogen-bond acceptors (Lipinski definition) is 4. The zero-order chi connectivity index (χ0) is 20.9. The zero-order valence-electron chi connectivity index (χ0n) is 17.7. The van der Waals surface area contributed by atoms with Crippen LogP contribution in [0.3, 0.4) is 0 Å². The number of rotatable bonds is 5. The first-order valence-corrected chi connectivity index (χ1v) is 11.0. The number of nitrogens with one attached hydrogen (secondary N) is 1. The number of hydrogen-bond donors (Lipinski definition) is 1. The third-order valence-electron chi connectivity index (χ3n) is 6.46. The van der Waals surface area contributed by atoms with E-state index in [1.807, 2.05) is 48.2 Å². The van der Waals surface area contributed by atoms with Crippen molar-refractivity contribution in [1.29, 1.82) is 0 Å². The fraction of sp³-hybridized carbons (Fsp3) is 0.500. The number of carbonyl (C=O) groups is 2. The number of aryl methyl sites for hydroxylation is 1. The van der Waals surface area contributed by atoms with E-state index in [9.17, 15) is 9.59 Å². The van der Waals surface area contributed by atoms with Crippen LogP contribution in [0.1, 0.15) is 47.4 Å². The van der Waals surface area contributed by atoms with Gasteiger partial charge in [-0.25, -0.2) is 0 Å². The Bertz CT molecular complexity index is 856. The normalized spacial score (nSPS) is 20.8. The van der Waals surface area contributed by atoms with Crippen molar-refractivity contribution >= 4 is 11.8 Å². The summed E-state index contributed by atoms with van der Waals surface area (Å²) >= 11 is 0. The fourth-order valence-corrected chi connectivity index (χ4v) is 4.65. The molecule has 1 aromatic carbocycles. The molecule has 1 aromatic heterocycles. The van der Waals surface area contributed by atoms with Crippen LogP contribution in [0.25, 0.3) is 0 Å². The molecule has 3 heterocycles. The summed E-state index contributed by atoms with van der Waals surface area (Å²) in [5.74, 6) is 0.659. The van der Waals surface area contributed by atoms with Crippen molar-refractivity contribution in [2.75, 3.05) is 26.2 Å². The minimum atomic E-state index is -0.00670. The number of amides is 2. The highest BCUT2D eigenvalue weighted by Gasteiger charge is 2.33. The van der Waals surface area contributed by atoms with Gasteiger partial charge in [-0.2, -0.15) is 0 Å². The van der Waals surface area contributed by atoms with Crippen molar-refractivity contribution in [2.45, 2.75) is 45.2 Å². The van der Waals surface area contributed by atoms with Crippen molar-refractivity contribution in [3.63, 3.8) is 0 Å². The lowest BCUT2D eigenvalue weighted by Crippen LogP contribution is -2.51. The van der Waals surface area contributed by atoms with Gasteiger partial charge in [-0.3, -0.25) is 14.5 Å². The minimum absolute atomic E-state index is 0.00670. The van der Waals surface area contributed by atoms with Crippen LogP contribution in [-0.4, -0.2) is 53.8 Å². The molecular formula is C24H31N3O3. The smallest absolute Gasteiger partial charge is 0.289 e. The Morgan fingerprint density at radius 2 is 1.83 bits per heavy atom. The Hall–Kier alpha value is -2.60. The molecule has 2 amide bonds. The molecule has 160 valence electrons. The highest BCUT2D eigenvalue weighted by molar-refractivity contribution is 5.92. The molecule has 0 unspecified atom stereocenters. The van der Waals surface area contributed by atoms with E-state index in [0.29, 0.717) is 18.3 Å². The van der Waals surface area contributed by atoms with Crippen molar-refractivity contribution < 1.29 is 14.0 Å². The van der Waals surface area contributed by atoms with Gasteiger partial charge in [0.2, 0.25) is 5.91 Å². The molecule has 2 aromatic rings. The number of likely N-dealkylation sites (tertiary alicyclic amines) is 2. The highest BCUT2D eigenvalue weighted by atomic mass is 16.3. The van der Waals surface area contributed by atoms with Gasteiger partial charge in [0.05, 0.1) is 12.2 Å². The quantitative estimate of drug-likeness (QED) is 0.824. The lowest BCUT2D eigenvalue weighted by Gasteiger charge is -2.41. The van der Waals surface area contributed by atoms with Gasteiger partial charge in [0, 0.05) is 37.8 Å². The number of carbonyl (C=O) groups excluding carboxylic acids is 2. The predicted octanol–water partition coefficient (Wildman–Crippen LogP) is 3.22. The van der Waals surface area contributed by atoms with E-state index in [2.05, 4.69) is 10.2 Å². The van der Waals surface area contributed by atoms with Gasteiger partial charge < -0.3 is 14.6 Å². The molecular weight excluding hydrogens is 378 g/mol. The Morgan fingerprint density at radius 1 is 1.07 bits per heavy atom. The van der Waals surface area contributed by atoms with Crippen LogP contribution in [0.5, 0.6) is 0 Å². The van der Waals surface area contributed by atoms with Gasteiger partial charge in [0.1, 0.15) is 0 Å². The molecule has 2 aliphatic rings. The largest absolute Gasteiger partial charge is 0.459 e. The van der Waals surface area contributed by atoms with E-state index in [1.165, 1.54) is 0 Å². The molecule has 30 heavy (non-hydrogen) atoms. The molecule has 0 bridgehead atoms. The van der Waals surface area contributed by atoms with E-state index >= 15 is 0 Å². The van der Waals surface area contributed by atoms with E-state index in [-0.39, 0.29) is 17.7 Å². The van der Waals surface area contributed by atoms with Crippen LogP contribution in [0, 0.1) is 12.8 Å². The topological polar surface area (TPSA) is 65.8 Å². The molecule has 0 radical (unpaired) electrons. The van der Waals surface area contributed by atoms with Crippen molar-refractivity contribution in [3.8, 4) is 0 Å². The van der Waals surface area contributed by atoms with Crippen molar-refractivity contribution in [2.24, 2.45) is 5.92 Å². The molecule has 1 atom stereocenters. The van der Waals surface area contributed by atoms with Crippen LogP contribution < -0.4 is 5.32 Å². The van der Waals surface area contributed by atoms with Gasteiger partial charge in [-0.05, 0) is 50.8 Å². The summed E-state index contributed by atoms with van der Waals surface area (Å²) in [4.78, 5) is 29.7. The number of nitrogens with zero attached hydrogens (tertiary/aromatic N) is 2. The maximum Gasteiger partial charge on any atom is 0.289 e. The maximum atomic E-state index is 12.7. The second-order valence-electron chi connectivity index (χ2n) is 8.49. The second-order valence-corrected chi connectivity index (χ2v) is 8.49. The first-order chi connectivity index (χ1) is 14.6. The summed E-state index contributed by atoms with van der Waals surface area (Å²) in [6.07, 6.45) is 5.47. The van der Waals surface area contributed by atoms with Crippen LogP contribution in [0.4, 0.5) is 0 Å². The molecule has 4 rings (SSSR count). The SMILES string of the molecule is Cc1ccoc1C(=O)N1CCC(N2CCC[C@@H](C(=O)NCc3ccccc3)C2)CC1. The minimum Gasteiger partial charge on any atom is -0.459 e. The van der Waals surface area contributed by atoms with Crippen LogP contribution in [0.15, 0.2) is 47.1 Å². The molecule has 2 fully saturated rings. The molecule has 6 heteroatoms. The summed E-state index contributed by atoms with van der Waals surface area (Å²) in [5, 5.41) is 3.11. The van der Waals surface area contributed by atoms with Crippen LogP contribution >= 0.6 is 0 Å². The van der Waals surface area contributed by atoms with Gasteiger partial charge in [0.25, 0.3) is 5.91 Å². The Balaban J connectivity index is 1.26. The Labute approximate surface area is 178 Å². The summed E-state index contributed by atoms with van der Waals surface area (Å²) in [6.45, 7) is 5.83. The third-order valence-corrected chi connectivity index (χ3v) is 6.46. The summed E-state index contributed by atoms with van der Waals surface area (Å²) < 4.78 is 5.37. The molecule has 1 N–H and O–H groups in total. The number of benzene rings is 1. The third kappa shape index (κ3) is 4.75. The molecule has 6 nitrogen and oxygen atoms in total. The fourth-order valence-electron chi connectivity index (χ4n) is 4.65. The van der Waals surface area contributed by atoms with Crippen LogP contribution in [0.2, 0.25) is 0 Å². The van der Waals surface area contributed by atoms with Crippen molar-refractivity contribution in [1.82, 2.24) is 15.1 Å². The molecule has 0 aliphatic carbocycles. The van der Waals surface area contributed by atoms with Crippen molar-refractivity contribution in [3.05, 3.63) is 59.5 Å². The van der Waals surface area contributed by atoms with Gasteiger partial charge in [0.15, 0.2) is 5.76 Å². The summed E-state index contributed by atoms with van der Waals surface area (Å²) in [5.41, 5.74) is 2.02. The molecule has 2 aliphatic heterocycles. The first kappa shape index (κ1) is 20.7. The lowest BCUT2D eigenvalue weighted by molar-refractivity contribution is -0.127. The maximum absolute atomic E-state index is 12.7. The highest BCUT2D eigenvalue weighted by Crippen LogP contribution is 2.25. The van der Waals surface area contributed by atoms with Gasteiger partial charge in [-0.1, -0.05) is 30.3 Å². The van der Waals surface area contributed by atoms with E-state index in [4.69, 9.17) is 4.42 Å². The Kier molecular flexibility index (Phi) is 6.53. The number of furan rings is 1. The van der Waals surface area contributed by atoms with Crippen LogP contribution in [-0.2, 0) is 11.3 Å². The standard InChI is InChI=1S/C24H31N3O3/c1-18-11-15-30-22(18)24(29)26-13-9-21(10-14-26)27-12-5-8-20(17-27)23(28)25-16-19-6-3-2-4-7-19/h2-4,6-7,11,15,20-21H,5,8-10,12-14,16-17H2,1H3,(H,25,28)/t20-/m1/s1. The average Bonchev–Trinajstić information content (AvgIpc) is 3.23. The lowest BCUT2D eigenvalue weighted by atomic mass is 9.93. The monoisotopic (exact) mass is 409 g/mol. The van der Waals surface area contributed by atoms with E-state index in [0.717, 1.165) is 63.0 Å². The molecule has 2 saturated heterocycles.